The largest absolute Gasteiger partial charge is 0.493 e. The quantitative estimate of drug-likeness (QED) is 0.542. The van der Waals surface area contributed by atoms with Crippen LogP contribution in [0.4, 0.5) is 5.69 Å². The number of benzene rings is 1. The first-order valence-corrected chi connectivity index (χ1v) is 6.39. The molecule has 3 N–H and O–H groups in total. The molecule has 1 amide bonds. The van der Waals surface area contributed by atoms with Crippen molar-refractivity contribution in [1.29, 1.82) is 0 Å². The highest BCUT2D eigenvalue weighted by atomic mass is 35.5. The summed E-state index contributed by atoms with van der Waals surface area (Å²) in [6.07, 6.45) is 0.543. The molecule has 0 bridgehead atoms. The van der Waals surface area contributed by atoms with Crippen molar-refractivity contribution in [3.05, 3.63) is 27.8 Å². The number of methoxy groups -OCH3 is 2. The van der Waals surface area contributed by atoms with Gasteiger partial charge in [0.1, 0.15) is 0 Å². The Kier molecular flexibility index (Phi) is 8.88. The molecule has 0 saturated carbocycles. The average Bonchev–Trinajstić information content (AvgIpc) is 2.46. The van der Waals surface area contributed by atoms with Crippen LogP contribution in [0.5, 0.6) is 11.5 Å². The molecule has 0 spiro atoms. The summed E-state index contributed by atoms with van der Waals surface area (Å²) in [6, 6.07) is 2.86. The van der Waals surface area contributed by atoms with Crippen molar-refractivity contribution in [2.45, 2.75) is 12.8 Å². The molecule has 0 aromatic heterocycles. The molecule has 0 heterocycles. The van der Waals surface area contributed by atoms with Crippen LogP contribution in [0.2, 0.25) is 0 Å². The third-order valence-corrected chi connectivity index (χ3v) is 2.87. The highest BCUT2D eigenvalue weighted by Gasteiger charge is 2.19. The van der Waals surface area contributed by atoms with Crippen LogP contribution in [-0.4, -0.2) is 38.1 Å². The Balaban J connectivity index is 0.00000441. The number of amides is 1. The van der Waals surface area contributed by atoms with Crippen LogP contribution in [0.1, 0.15) is 12.0 Å². The summed E-state index contributed by atoms with van der Waals surface area (Å²) in [5, 5.41) is 13.7. The molecule has 124 valence electrons. The Hall–Kier alpha value is -2.06. The minimum absolute atomic E-state index is 0. The lowest BCUT2D eigenvalue weighted by molar-refractivity contribution is -0.385. The maximum absolute atomic E-state index is 11.3. The number of nitrogens with one attached hydrogen (secondary N) is 1. The van der Waals surface area contributed by atoms with E-state index in [-0.39, 0.29) is 43.5 Å². The second-order valence-electron chi connectivity index (χ2n) is 4.23. The summed E-state index contributed by atoms with van der Waals surface area (Å²) in [5.41, 5.74) is 5.66. The fourth-order valence-corrected chi connectivity index (χ4v) is 1.84. The molecule has 9 heteroatoms. The van der Waals surface area contributed by atoms with Gasteiger partial charge in [0.25, 0.3) is 5.69 Å². The maximum atomic E-state index is 11.3. The molecule has 22 heavy (non-hydrogen) atoms. The molecule has 0 fully saturated rings. The first-order valence-electron chi connectivity index (χ1n) is 6.39. The lowest BCUT2D eigenvalue weighted by atomic mass is 10.1. The summed E-state index contributed by atoms with van der Waals surface area (Å²) in [5.74, 6) is 0.520. The van der Waals surface area contributed by atoms with Gasteiger partial charge in [0.05, 0.1) is 25.2 Å². The van der Waals surface area contributed by atoms with Crippen LogP contribution in [0.15, 0.2) is 12.1 Å². The normalized spacial score (nSPS) is 9.59. The predicted molar refractivity (Wildman–Crippen MR) is 83.8 cm³/mol. The lowest BCUT2D eigenvalue weighted by Gasteiger charge is -2.11. The summed E-state index contributed by atoms with van der Waals surface area (Å²) in [6.45, 7) is 0.553. The Morgan fingerprint density at radius 1 is 1.32 bits per heavy atom. The molecule has 1 aromatic rings. The Labute approximate surface area is 134 Å². The minimum Gasteiger partial charge on any atom is -0.493 e. The molecule has 0 aliphatic carbocycles. The van der Waals surface area contributed by atoms with Crippen LogP contribution >= 0.6 is 12.4 Å². The summed E-state index contributed by atoms with van der Waals surface area (Å²) in [4.78, 5) is 21.9. The first kappa shape index (κ1) is 19.9. The van der Waals surface area contributed by atoms with E-state index in [0.29, 0.717) is 23.5 Å². The van der Waals surface area contributed by atoms with E-state index in [1.807, 2.05) is 0 Å². The Bertz CT molecular complexity index is 525. The number of carbonyl (C=O) groups excluding carboxylic acids is 1. The summed E-state index contributed by atoms with van der Waals surface area (Å²) in [7, 11) is 2.87. The van der Waals surface area contributed by atoms with Crippen molar-refractivity contribution in [3.63, 3.8) is 0 Å². The number of carbonyl (C=O) groups is 1. The average molecular weight is 334 g/mol. The number of hydrogen-bond donors (Lipinski definition) is 2. The molecule has 8 nitrogen and oxygen atoms in total. The van der Waals surface area contributed by atoms with Gasteiger partial charge in [-0.3, -0.25) is 14.9 Å². The summed E-state index contributed by atoms with van der Waals surface area (Å²) < 4.78 is 10.2. The van der Waals surface area contributed by atoms with Gasteiger partial charge < -0.3 is 20.5 Å². The van der Waals surface area contributed by atoms with Gasteiger partial charge in [0.15, 0.2) is 11.5 Å². The van der Waals surface area contributed by atoms with Gasteiger partial charge >= 0.3 is 0 Å². The van der Waals surface area contributed by atoms with Crippen LogP contribution in [0.25, 0.3) is 0 Å². The standard InChI is InChI=1S/C13H19N3O5.ClH/c1-20-11-7-9(4-6-15-13(17)3-5-14)10(16(18)19)8-12(11)21-2;/h7-8H,3-6,14H2,1-2H3,(H,15,17);1H. The van der Waals surface area contributed by atoms with E-state index in [4.69, 9.17) is 15.2 Å². The minimum atomic E-state index is -0.487. The van der Waals surface area contributed by atoms with Crippen LogP contribution in [-0.2, 0) is 11.2 Å². The van der Waals surface area contributed by atoms with Crippen molar-refractivity contribution in [2.75, 3.05) is 27.3 Å². The lowest BCUT2D eigenvalue weighted by Crippen LogP contribution is -2.27. The number of rotatable bonds is 8. The third-order valence-electron chi connectivity index (χ3n) is 2.87. The van der Waals surface area contributed by atoms with Gasteiger partial charge in [-0.2, -0.15) is 0 Å². The van der Waals surface area contributed by atoms with Gasteiger partial charge in [0.2, 0.25) is 5.91 Å². The highest BCUT2D eigenvalue weighted by Crippen LogP contribution is 2.34. The number of nitrogens with zero attached hydrogens (tertiary/aromatic N) is 1. The molecule has 0 aliphatic rings. The van der Waals surface area contributed by atoms with E-state index in [9.17, 15) is 14.9 Å². The molecule has 0 saturated heterocycles. The van der Waals surface area contributed by atoms with Gasteiger partial charge in [-0.05, 0) is 12.5 Å². The van der Waals surface area contributed by atoms with Crippen molar-refractivity contribution >= 4 is 24.0 Å². The summed E-state index contributed by atoms with van der Waals surface area (Å²) >= 11 is 0. The molecule has 1 rings (SSSR count). The second kappa shape index (κ2) is 9.80. The maximum Gasteiger partial charge on any atom is 0.276 e. The SMILES string of the molecule is COc1cc(CCNC(=O)CCN)c([N+](=O)[O-])cc1OC.Cl. The zero-order valence-corrected chi connectivity index (χ0v) is 13.3. The zero-order chi connectivity index (χ0) is 15.8. The molecule has 0 aliphatic heterocycles. The van der Waals surface area contributed by atoms with E-state index in [1.54, 1.807) is 6.07 Å². The van der Waals surface area contributed by atoms with Crippen molar-refractivity contribution in [3.8, 4) is 11.5 Å². The fraction of sp³-hybridized carbons (Fsp3) is 0.462. The molecular formula is C13H20ClN3O5. The Morgan fingerprint density at radius 2 is 1.91 bits per heavy atom. The van der Waals surface area contributed by atoms with E-state index in [2.05, 4.69) is 5.32 Å². The van der Waals surface area contributed by atoms with Crippen LogP contribution < -0.4 is 20.5 Å². The van der Waals surface area contributed by atoms with Crippen LogP contribution in [0, 0.1) is 10.1 Å². The highest BCUT2D eigenvalue weighted by molar-refractivity contribution is 5.85. The van der Waals surface area contributed by atoms with Gasteiger partial charge in [-0.25, -0.2) is 0 Å². The second-order valence-corrected chi connectivity index (χ2v) is 4.23. The first-order chi connectivity index (χ1) is 10.0. The number of hydrogen-bond acceptors (Lipinski definition) is 6. The van der Waals surface area contributed by atoms with E-state index in [0.717, 1.165) is 0 Å². The number of nitro groups is 1. The number of ether oxygens (including phenoxy) is 2. The molecule has 0 unspecified atom stereocenters. The van der Waals surface area contributed by atoms with E-state index in [1.165, 1.54) is 20.3 Å². The van der Waals surface area contributed by atoms with Crippen LogP contribution in [0.3, 0.4) is 0 Å². The zero-order valence-electron chi connectivity index (χ0n) is 12.5. The topological polar surface area (TPSA) is 117 Å². The van der Waals surface area contributed by atoms with E-state index < -0.39 is 4.92 Å². The molecule has 1 aromatic carbocycles. The van der Waals surface area contributed by atoms with Crippen molar-refractivity contribution in [1.82, 2.24) is 5.32 Å². The molecule has 0 atom stereocenters. The smallest absolute Gasteiger partial charge is 0.276 e. The van der Waals surface area contributed by atoms with Gasteiger partial charge in [-0.15, -0.1) is 12.4 Å². The molecule has 0 radical (unpaired) electrons. The van der Waals surface area contributed by atoms with E-state index >= 15 is 0 Å². The van der Waals surface area contributed by atoms with Gasteiger partial charge in [-0.1, -0.05) is 0 Å². The Morgan fingerprint density at radius 3 is 2.41 bits per heavy atom. The third kappa shape index (κ3) is 5.38. The van der Waals surface area contributed by atoms with Crippen molar-refractivity contribution < 1.29 is 19.2 Å². The fourth-order valence-electron chi connectivity index (χ4n) is 1.84. The van der Waals surface area contributed by atoms with Crippen molar-refractivity contribution in [2.24, 2.45) is 5.73 Å². The number of halogens is 1. The molecular weight excluding hydrogens is 314 g/mol. The monoisotopic (exact) mass is 333 g/mol. The predicted octanol–water partition coefficient (Wildman–Crippen LogP) is 1.04. The number of nitro benzene ring substituents is 1. The number of nitrogens with two attached hydrogens (primary N) is 1. The van der Waals surface area contributed by atoms with Gasteiger partial charge in [0, 0.05) is 25.1 Å².